The molecule has 0 radical (unpaired) electrons. The van der Waals surface area contributed by atoms with Gasteiger partial charge in [-0.15, -0.1) is 0 Å². The van der Waals surface area contributed by atoms with E-state index in [1.807, 2.05) is 27.7 Å². The molecule has 1 spiro atoms. The molecule has 146 valence electrons. The maximum atomic E-state index is 15.7. The van der Waals surface area contributed by atoms with Crippen molar-refractivity contribution in [1.82, 2.24) is 5.32 Å². The summed E-state index contributed by atoms with van der Waals surface area (Å²) in [5, 5.41) is 13.8. The lowest BCUT2D eigenvalue weighted by Gasteiger charge is -2.42. The molecule has 3 heterocycles. The summed E-state index contributed by atoms with van der Waals surface area (Å²) in [5.41, 5.74) is -1.37. The highest BCUT2D eigenvalue weighted by atomic mass is 19.1. The van der Waals surface area contributed by atoms with Gasteiger partial charge in [-0.2, -0.15) is 0 Å². The van der Waals surface area contributed by atoms with E-state index >= 15 is 4.39 Å². The average Bonchev–Trinajstić information content (AvgIpc) is 2.82. The minimum absolute atomic E-state index is 0.0120. The molecule has 0 bridgehead atoms. The first-order chi connectivity index (χ1) is 12.6. The lowest BCUT2D eigenvalue weighted by Crippen LogP contribution is -2.48. The van der Waals surface area contributed by atoms with Crippen LogP contribution in [0.5, 0.6) is 11.5 Å². The zero-order chi connectivity index (χ0) is 19.4. The number of phenols is 1. The van der Waals surface area contributed by atoms with Crippen LogP contribution in [0, 0.1) is 0 Å². The Labute approximate surface area is 160 Å². The van der Waals surface area contributed by atoms with E-state index in [9.17, 15) is 5.11 Å². The normalized spacial score (nSPS) is 27.2. The van der Waals surface area contributed by atoms with Crippen LogP contribution in [0.2, 0.25) is 0 Å². The maximum absolute atomic E-state index is 15.7. The fourth-order valence-corrected chi connectivity index (χ4v) is 4.04. The van der Waals surface area contributed by atoms with Crippen molar-refractivity contribution in [3.63, 3.8) is 0 Å². The Morgan fingerprint density at radius 1 is 1.11 bits per heavy atom. The minimum atomic E-state index is -1.09. The third-order valence-corrected chi connectivity index (χ3v) is 6.39. The number of halogens is 1. The second-order valence-corrected chi connectivity index (χ2v) is 8.78. The summed E-state index contributed by atoms with van der Waals surface area (Å²) in [4.78, 5) is 0. The highest BCUT2D eigenvalue weighted by Gasteiger charge is 2.54. The molecule has 1 aromatic rings. The molecule has 0 amide bonds. The quantitative estimate of drug-likeness (QED) is 0.735. The van der Waals surface area contributed by atoms with E-state index in [0.717, 1.165) is 25.9 Å². The van der Waals surface area contributed by atoms with E-state index in [1.54, 1.807) is 18.2 Å². The molecule has 27 heavy (non-hydrogen) atoms. The van der Waals surface area contributed by atoms with Gasteiger partial charge in [-0.3, -0.25) is 0 Å². The third-order valence-electron chi connectivity index (χ3n) is 6.39. The predicted octanol–water partition coefficient (Wildman–Crippen LogP) is 3.61. The highest BCUT2D eigenvalue weighted by Crippen LogP contribution is 2.50. The van der Waals surface area contributed by atoms with Crippen molar-refractivity contribution in [2.75, 3.05) is 13.1 Å². The maximum Gasteiger partial charge on any atom is 0.525 e. The van der Waals surface area contributed by atoms with Crippen LogP contribution in [0.3, 0.4) is 0 Å². The number of fused-ring (bicyclic) bond motifs is 1. The SMILES string of the molecule is CC1(C)OB(C(F)=C2CC3(CCNCC3)Oc3cccc(O)c32)OC1(C)C. The number of hydrogen-bond acceptors (Lipinski definition) is 5. The van der Waals surface area contributed by atoms with Crippen LogP contribution < -0.4 is 10.1 Å². The van der Waals surface area contributed by atoms with Crippen LogP contribution in [0.25, 0.3) is 5.57 Å². The highest BCUT2D eigenvalue weighted by molar-refractivity contribution is 6.55. The van der Waals surface area contributed by atoms with Crippen molar-refractivity contribution in [1.29, 1.82) is 0 Å². The lowest BCUT2D eigenvalue weighted by molar-refractivity contribution is 0.00578. The van der Waals surface area contributed by atoms with E-state index in [4.69, 9.17) is 14.0 Å². The van der Waals surface area contributed by atoms with Crippen molar-refractivity contribution in [2.24, 2.45) is 0 Å². The predicted molar refractivity (Wildman–Crippen MR) is 102 cm³/mol. The molecule has 0 aliphatic carbocycles. The van der Waals surface area contributed by atoms with Gasteiger partial charge < -0.3 is 24.5 Å². The molecule has 0 saturated carbocycles. The number of piperidine rings is 1. The molecular formula is C20H27BFNO4. The summed E-state index contributed by atoms with van der Waals surface area (Å²) in [6.45, 7) is 9.23. The van der Waals surface area contributed by atoms with Gasteiger partial charge in [0.05, 0.1) is 16.8 Å². The Balaban J connectivity index is 1.79. The number of aromatic hydroxyl groups is 1. The molecule has 2 fully saturated rings. The van der Waals surface area contributed by atoms with Gasteiger partial charge in [0.15, 0.2) is 0 Å². The number of phenolic OH excluding ortho intramolecular Hbond substituents is 1. The average molecular weight is 375 g/mol. The molecular weight excluding hydrogens is 348 g/mol. The summed E-state index contributed by atoms with van der Waals surface area (Å²) in [6.07, 6.45) is 1.94. The molecule has 7 heteroatoms. The van der Waals surface area contributed by atoms with E-state index in [1.165, 1.54) is 0 Å². The zero-order valence-corrected chi connectivity index (χ0v) is 16.4. The summed E-state index contributed by atoms with van der Waals surface area (Å²) >= 11 is 0. The summed E-state index contributed by atoms with van der Waals surface area (Å²) in [5.74, 6) is 0.530. The van der Waals surface area contributed by atoms with Crippen LogP contribution in [0.4, 0.5) is 4.39 Å². The van der Waals surface area contributed by atoms with Gasteiger partial charge in [-0.1, -0.05) is 6.07 Å². The summed E-state index contributed by atoms with van der Waals surface area (Å²) < 4.78 is 33.8. The van der Waals surface area contributed by atoms with Gasteiger partial charge >= 0.3 is 7.12 Å². The van der Waals surface area contributed by atoms with E-state index in [2.05, 4.69) is 5.32 Å². The van der Waals surface area contributed by atoms with Gasteiger partial charge in [0, 0.05) is 6.42 Å². The van der Waals surface area contributed by atoms with Crippen molar-refractivity contribution in [3.8, 4) is 11.5 Å². The first-order valence-electron chi connectivity index (χ1n) is 9.60. The van der Waals surface area contributed by atoms with E-state index in [0.29, 0.717) is 23.3 Å². The van der Waals surface area contributed by atoms with Crippen molar-refractivity contribution >= 4 is 12.7 Å². The molecule has 4 rings (SSSR count). The Bertz CT molecular complexity index is 770. The fraction of sp³-hybridized carbons (Fsp3) is 0.600. The number of ether oxygens (including phenoxy) is 1. The fourth-order valence-electron chi connectivity index (χ4n) is 4.04. The molecule has 2 saturated heterocycles. The lowest BCUT2D eigenvalue weighted by atomic mass is 9.75. The summed E-state index contributed by atoms with van der Waals surface area (Å²) in [7, 11) is -1.09. The van der Waals surface area contributed by atoms with Crippen LogP contribution in [-0.2, 0) is 9.31 Å². The Morgan fingerprint density at radius 3 is 2.37 bits per heavy atom. The van der Waals surface area contributed by atoms with Gasteiger partial charge in [0.25, 0.3) is 0 Å². The minimum Gasteiger partial charge on any atom is -0.507 e. The van der Waals surface area contributed by atoms with Crippen LogP contribution in [-0.4, -0.2) is 42.1 Å². The number of hydrogen-bond donors (Lipinski definition) is 2. The first-order valence-corrected chi connectivity index (χ1v) is 9.60. The van der Waals surface area contributed by atoms with Crippen LogP contribution >= 0.6 is 0 Å². The standard InChI is InChI=1S/C20H27BFNO4/c1-18(2)19(3,4)27-21(26-18)17(22)13-12-20(8-10-23-11-9-20)25-15-7-5-6-14(24)16(13)15/h5-7,23-24H,8-12H2,1-4H3. The van der Waals surface area contributed by atoms with Gasteiger partial charge in [-0.05, 0) is 71.3 Å². The van der Waals surface area contributed by atoms with Crippen molar-refractivity contribution < 1.29 is 23.5 Å². The second-order valence-electron chi connectivity index (χ2n) is 8.78. The van der Waals surface area contributed by atoms with Gasteiger partial charge in [0.2, 0.25) is 0 Å². The van der Waals surface area contributed by atoms with Gasteiger partial charge in [0.1, 0.15) is 22.8 Å². The molecule has 5 nitrogen and oxygen atoms in total. The molecule has 0 unspecified atom stereocenters. The first kappa shape index (κ1) is 18.8. The molecule has 1 aromatic carbocycles. The number of benzene rings is 1. The van der Waals surface area contributed by atoms with E-state index in [-0.39, 0.29) is 5.75 Å². The molecule has 3 aliphatic rings. The second kappa shape index (κ2) is 6.22. The Kier molecular flexibility index (Phi) is 4.33. The number of nitrogens with one attached hydrogen (secondary N) is 1. The molecule has 0 aromatic heterocycles. The monoisotopic (exact) mass is 375 g/mol. The smallest absolute Gasteiger partial charge is 0.507 e. The van der Waals surface area contributed by atoms with Crippen LogP contribution in [0.15, 0.2) is 23.9 Å². The molecule has 3 aliphatic heterocycles. The molecule has 2 N–H and O–H groups in total. The topological polar surface area (TPSA) is 60.0 Å². The van der Waals surface area contributed by atoms with E-state index < -0.39 is 29.6 Å². The van der Waals surface area contributed by atoms with Crippen LogP contribution in [0.1, 0.15) is 52.5 Å². The third kappa shape index (κ3) is 3.06. The largest absolute Gasteiger partial charge is 0.525 e. The Morgan fingerprint density at radius 2 is 1.74 bits per heavy atom. The molecule has 0 atom stereocenters. The summed E-state index contributed by atoms with van der Waals surface area (Å²) in [6, 6.07) is 5.06. The Hall–Kier alpha value is -1.57. The van der Waals surface area contributed by atoms with Crippen molar-refractivity contribution in [3.05, 3.63) is 29.5 Å². The zero-order valence-electron chi connectivity index (χ0n) is 16.4. The van der Waals surface area contributed by atoms with Crippen molar-refractivity contribution in [2.45, 2.75) is 63.8 Å². The van der Waals surface area contributed by atoms with Gasteiger partial charge in [-0.25, -0.2) is 4.39 Å². The number of rotatable bonds is 1.